The van der Waals surface area contributed by atoms with Gasteiger partial charge in [0, 0.05) is 0 Å². The minimum absolute atomic E-state index is 1.35. The first-order chi connectivity index (χ1) is 4.50. The SMILES string of the molecule is O=S(=O)(C(Br)(Br)Br)C(Br)(Br)Br. The zero-order valence-corrected chi connectivity index (χ0v) is 14.8. The molecule has 0 aliphatic rings. The van der Waals surface area contributed by atoms with E-state index in [0.29, 0.717) is 0 Å². The molecule has 0 N–H and O–H groups in total. The van der Waals surface area contributed by atoms with Gasteiger partial charge in [0.15, 0.2) is 0 Å². The van der Waals surface area contributed by atoms with E-state index in [9.17, 15) is 8.42 Å². The van der Waals surface area contributed by atoms with Crippen molar-refractivity contribution in [2.24, 2.45) is 0 Å². The summed E-state index contributed by atoms with van der Waals surface area (Å²) < 4.78 is 20.1. The molecule has 0 amide bonds. The van der Waals surface area contributed by atoms with Crippen LogP contribution in [-0.2, 0) is 9.84 Å². The van der Waals surface area contributed by atoms with Crippen LogP contribution in [0.4, 0.5) is 0 Å². The lowest BCUT2D eigenvalue weighted by atomic mass is 11.9. The van der Waals surface area contributed by atoms with Crippen LogP contribution >= 0.6 is 95.6 Å². The molecular formula is C2Br6O2S. The Kier molecular flexibility index (Phi) is 5.20. The zero-order valence-electron chi connectivity index (χ0n) is 4.49. The molecule has 0 saturated heterocycles. The number of sulfone groups is 1. The highest BCUT2D eigenvalue weighted by atomic mass is 80.0. The Morgan fingerprint density at radius 3 is 0.909 bits per heavy atom. The van der Waals surface area contributed by atoms with Crippen molar-refractivity contribution in [3.63, 3.8) is 0 Å². The number of alkyl halides is 6. The first kappa shape index (κ1) is 13.8. The van der Waals surface area contributed by atoms with Gasteiger partial charge in [0.25, 0.3) is 0 Å². The Hall–Kier alpha value is 2.83. The molecule has 0 atom stereocenters. The quantitative estimate of drug-likeness (QED) is 0.415. The normalized spacial score (nSPS) is 15.1. The first-order valence-corrected chi connectivity index (χ1v) is 8.12. The van der Waals surface area contributed by atoms with Crippen LogP contribution in [0.25, 0.3) is 0 Å². The fourth-order valence-electron chi connectivity index (χ4n) is 0.131. The molecule has 0 saturated carbocycles. The molecule has 0 rings (SSSR count). The van der Waals surface area contributed by atoms with Crippen LogP contribution in [0.5, 0.6) is 0 Å². The molecule has 0 aliphatic heterocycles. The second-order valence-electron chi connectivity index (χ2n) is 1.39. The molecule has 11 heavy (non-hydrogen) atoms. The molecule has 0 bridgehead atoms. The average Bonchev–Trinajstić information content (AvgIpc) is 1.58. The van der Waals surface area contributed by atoms with E-state index in [4.69, 9.17) is 0 Å². The van der Waals surface area contributed by atoms with Crippen molar-refractivity contribution < 1.29 is 8.42 Å². The van der Waals surface area contributed by atoms with E-state index in [-0.39, 0.29) is 0 Å². The van der Waals surface area contributed by atoms with E-state index in [1.54, 1.807) is 0 Å². The van der Waals surface area contributed by atoms with Crippen LogP contribution in [0, 0.1) is 0 Å². The lowest BCUT2D eigenvalue weighted by molar-refractivity contribution is 0.601. The van der Waals surface area contributed by atoms with Crippen molar-refractivity contribution in [3.05, 3.63) is 0 Å². The molecule has 2 nitrogen and oxygen atoms in total. The van der Waals surface area contributed by atoms with Crippen molar-refractivity contribution in [2.45, 2.75) is 2.95 Å². The first-order valence-electron chi connectivity index (χ1n) is 1.88. The summed E-state index contributed by atoms with van der Waals surface area (Å²) in [7, 11) is -3.51. The van der Waals surface area contributed by atoms with E-state index in [0.717, 1.165) is 0 Å². The maximum Gasteiger partial charge on any atom is 0.238 e. The number of rotatable bonds is 0. The predicted octanol–water partition coefficient (Wildman–Crippen LogP) is 3.99. The minimum Gasteiger partial charge on any atom is -0.222 e. The molecule has 0 radical (unpaired) electrons. The van der Waals surface area contributed by atoms with Gasteiger partial charge in [-0.1, -0.05) is 0 Å². The highest BCUT2D eigenvalue weighted by Gasteiger charge is 2.49. The molecule has 0 unspecified atom stereocenters. The molecule has 68 valence electrons. The summed E-state index contributed by atoms with van der Waals surface area (Å²) >= 11 is 17.3. The van der Waals surface area contributed by atoms with Crippen LogP contribution in [0.2, 0.25) is 0 Å². The summed E-state index contributed by atoms with van der Waals surface area (Å²) in [4.78, 5) is 0. The second kappa shape index (κ2) is 4.14. The van der Waals surface area contributed by atoms with E-state index in [1.165, 1.54) is 0 Å². The Morgan fingerprint density at radius 1 is 0.727 bits per heavy atom. The predicted molar refractivity (Wildman–Crippen MR) is 67.9 cm³/mol. The maximum absolute atomic E-state index is 11.4. The van der Waals surface area contributed by atoms with Crippen LogP contribution in [0.3, 0.4) is 0 Å². The van der Waals surface area contributed by atoms with Gasteiger partial charge in [-0.25, -0.2) is 8.42 Å². The topological polar surface area (TPSA) is 34.1 Å². The van der Waals surface area contributed by atoms with Gasteiger partial charge in [-0.3, -0.25) is 0 Å². The van der Waals surface area contributed by atoms with Crippen LogP contribution in [0.1, 0.15) is 0 Å². The molecule has 0 heterocycles. The van der Waals surface area contributed by atoms with Crippen molar-refractivity contribution >= 4 is 105 Å². The third kappa shape index (κ3) is 3.47. The van der Waals surface area contributed by atoms with Crippen molar-refractivity contribution in [3.8, 4) is 0 Å². The highest BCUT2D eigenvalue weighted by Crippen LogP contribution is 2.52. The van der Waals surface area contributed by atoms with Crippen molar-refractivity contribution in [1.82, 2.24) is 0 Å². The van der Waals surface area contributed by atoms with Gasteiger partial charge in [-0.15, -0.1) is 0 Å². The molecule has 0 spiro atoms. The zero-order chi connectivity index (χ0) is 9.50. The Labute approximate surface area is 115 Å². The smallest absolute Gasteiger partial charge is 0.222 e. The van der Waals surface area contributed by atoms with Crippen molar-refractivity contribution in [2.75, 3.05) is 0 Å². The standard InChI is InChI=1S/C2Br6O2S/c3-1(4,5)11(9,10)2(6,7)8. The summed E-state index contributed by atoms with van der Waals surface area (Å²) in [6.45, 7) is 0. The van der Waals surface area contributed by atoms with E-state index in [2.05, 4.69) is 95.6 Å². The Bertz CT molecular complexity index is 210. The van der Waals surface area contributed by atoms with Gasteiger partial charge in [0.1, 0.15) is 0 Å². The number of hydrogen-bond acceptors (Lipinski definition) is 2. The molecule has 9 heteroatoms. The van der Waals surface area contributed by atoms with Gasteiger partial charge >= 0.3 is 0 Å². The number of halogens is 6. The Balaban J connectivity index is 5.11. The molecule has 0 aromatic heterocycles. The second-order valence-corrected chi connectivity index (χ2v) is 20.3. The third-order valence-electron chi connectivity index (χ3n) is 0.609. The highest BCUT2D eigenvalue weighted by molar-refractivity contribution is 9.46. The molecule has 0 aromatic carbocycles. The fraction of sp³-hybridized carbons (Fsp3) is 1.00. The number of hydrogen-bond donors (Lipinski definition) is 0. The van der Waals surface area contributed by atoms with Gasteiger partial charge in [0.2, 0.25) is 12.8 Å². The summed E-state index contributed by atoms with van der Waals surface area (Å²) in [6, 6.07) is 0. The summed E-state index contributed by atoms with van der Waals surface area (Å²) in [5.41, 5.74) is 0. The van der Waals surface area contributed by atoms with Gasteiger partial charge < -0.3 is 0 Å². The summed E-state index contributed by atoms with van der Waals surface area (Å²) in [6.07, 6.45) is 0. The largest absolute Gasteiger partial charge is 0.238 e. The monoisotopic (exact) mass is 561 g/mol. The van der Waals surface area contributed by atoms with Gasteiger partial charge in [-0.05, 0) is 95.6 Å². The van der Waals surface area contributed by atoms with Crippen LogP contribution < -0.4 is 0 Å². The van der Waals surface area contributed by atoms with Gasteiger partial charge in [-0.2, -0.15) is 0 Å². The fourth-order valence-corrected chi connectivity index (χ4v) is 10.6. The van der Waals surface area contributed by atoms with Gasteiger partial charge in [0.05, 0.1) is 0 Å². The lowest BCUT2D eigenvalue weighted by Crippen LogP contribution is -2.29. The summed E-state index contributed by atoms with van der Waals surface area (Å²) in [5, 5.41) is 0. The average molecular weight is 568 g/mol. The van der Waals surface area contributed by atoms with E-state index >= 15 is 0 Å². The van der Waals surface area contributed by atoms with E-state index < -0.39 is 12.8 Å². The molecule has 0 aromatic rings. The summed E-state index contributed by atoms with van der Waals surface area (Å²) in [5.74, 6) is 0. The van der Waals surface area contributed by atoms with Crippen LogP contribution in [-0.4, -0.2) is 11.4 Å². The Morgan fingerprint density at radius 2 is 0.909 bits per heavy atom. The molecular weight excluding hydrogens is 568 g/mol. The third-order valence-corrected chi connectivity index (χ3v) is 9.50. The van der Waals surface area contributed by atoms with E-state index in [1.807, 2.05) is 0 Å². The van der Waals surface area contributed by atoms with Crippen LogP contribution in [0.15, 0.2) is 0 Å². The minimum atomic E-state index is -3.51. The van der Waals surface area contributed by atoms with Crippen molar-refractivity contribution in [1.29, 1.82) is 0 Å². The maximum atomic E-state index is 11.4. The molecule has 0 aliphatic carbocycles. The molecule has 0 fully saturated rings. The lowest BCUT2D eigenvalue weighted by Gasteiger charge is -2.20.